The molecule has 1 rings (SSSR count). The summed E-state index contributed by atoms with van der Waals surface area (Å²) in [6.45, 7) is 1.60. The minimum Gasteiger partial charge on any atom is -0.310 e. The van der Waals surface area contributed by atoms with Gasteiger partial charge in [-0.15, -0.1) is 0 Å². The van der Waals surface area contributed by atoms with Crippen molar-refractivity contribution in [1.29, 1.82) is 0 Å². The second kappa shape index (κ2) is 5.30. The van der Waals surface area contributed by atoms with Crippen LogP contribution in [0.25, 0.3) is 0 Å². The molecule has 0 unspecified atom stereocenters. The maximum Gasteiger partial charge on any atom is 0.390 e. The number of nitrogens with one attached hydrogen (secondary N) is 1. The van der Waals surface area contributed by atoms with E-state index in [-0.39, 0.29) is 18.4 Å². The Morgan fingerprint density at radius 3 is 2.25 bits per heavy atom. The molecule has 0 amide bonds. The van der Waals surface area contributed by atoms with Crippen LogP contribution in [0.1, 0.15) is 24.9 Å². The molecule has 0 radical (unpaired) electrons. The van der Waals surface area contributed by atoms with Gasteiger partial charge in [-0.25, -0.2) is 4.39 Å². The third-order valence-corrected chi connectivity index (χ3v) is 2.23. The van der Waals surface area contributed by atoms with E-state index in [1.807, 2.05) is 0 Å². The molecule has 0 aliphatic rings. The van der Waals surface area contributed by atoms with E-state index in [4.69, 9.17) is 0 Å². The summed E-state index contributed by atoms with van der Waals surface area (Å²) in [6.07, 6.45) is -5.01. The van der Waals surface area contributed by atoms with Gasteiger partial charge in [-0.05, 0) is 24.6 Å². The topological polar surface area (TPSA) is 12.0 Å². The van der Waals surface area contributed by atoms with Crippen molar-refractivity contribution < 1.29 is 17.6 Å². The van der Waals surface area contributed by atoms with E-state index in [1.165, 1.54) is 12.1 Å². The van der Waals surface area contributed by atoms with Gasteiger partial charge < -0.3 is 5.32 Å². The lowest BCUT2D eigenvalue weighted by Gasteiger charge is -2.15. The highest BCUT2D eigenvalue weighted by molar-refractivity contribution is 5.19. The summed E-state index contributed by atoms with van der Waals surface area (Å²) in [5.74, 6) is -0.355. The minimum atomic E-state index is -4.14. The molecular formula is C11H13F4N. The molecule has 90 valence electrons. The van der Waals surface area contributed by atoms with E-state index in [9.17, 15) is 17.6 Å². The Kier molecular flexibility index (Phi) is 4.29. The average molecular weight is 235 g/mol. The van der Waals surface area contributed by atoms with Crippen LogP contribution in [0.15, 0.2) is 24.3 Å². The first-order valence-electron chi connectivity index (χ1n) is 4.94. The third kappa shape index (κ3) is 4.61. The van der Waals surface area contributed by atoms with Gasteiger partial charge in [0.05, 0.1) is 6.42 Å². The molecule has 1 atom stereocenters. The summed E-state index contributed by atoms with van der Waals surface area (Å²) in [5, 5.41) is 2.73. The van der Waals surface area contributed by atoms with Crippen molar-refractivity contribution in [2.45, 2.75) is 25.6 Å². The normalized spacial score (nSPS) is 13.8. The van der Waals surface area contributed by atoms with Crippen LogP contribution in [0.3, 0.4) is 0 Å². The van der Waals surface area contributed by atoms with E-state index < -0.39 is 12.6 Å². The molecule has 0 aromatic heterocycles. The smallest absolute Gasteiger partial charge is 0.310 e. The lowest BCUT2D eigenvalue weighted by Crippen LogP contribution is -2.24. The molecular weight excluding hydrogens is 222 g/mol. The molecule has 16 heavy (non-hydrogen) atoms. The second-order valence-electron chi connectivity index (χ2n) is 3.59. The predicted octanol–water partition coefficient (Wildman–Crippen LogP) is 3.43. The maximum atomic E-state index is 12.6. The molecule has 0 aliphatic carbocycles. The van der Waals surface area contributed by atoms with E-state index in [2.05, 4.69) is 5.32 Å². The second-order valence-corrected chi connectivity index (χ2v) is 3.59. The van der Waals surface area contributed by atoms with Crippen LogP contribution in [-0.2, 0) is 0 Å². The molecule has 0 aliphatic heterocycles. The summed E-state index contributed by atoms with van der Waals surface area (Å²) in [6, 6.07) is 5.47. The number of benzene rings is 1. The maximum absolute atomic E-state index is 12.6. The van der Waals surface area contributed by atoms with Gasteiger partial charge in [0.2, 0.25) is 0 Å². The van der Waals surface area contributed by atoms with Gasteiger partial charge in [0.1, 0.15) is 5.82 Å². The molecule has 0 saturated carbocycles. The third-order valence-electron chi connectivity index (χ3n) is 2.23. The molecule has 1 aromatic rings. The zero-order chi connectivity index (χ0) is 12.2. The molecule has 0 saturated heterocycles. The van der Waals surface area contributed by atoms with Crippen molar-refractivity contribution in [3.8, 4) is 0 Å². The molecule has 0 spiro atoms. The summed E-state index contributed by atoms with van der Waals surface area (Å²) < 4.78 is 48.2. The number of hydrogen-bond acceptors (Lipinski definition) is 1. The molecule has 1 aromatic carbocycles. The monoisotopic (exact) mass is 235 g/mol. The summed E-state index contributed by atoms with van der Waals surface area (Å²) in [4.78, 5) is 0. The zero-order valence-electron chi connectivity index (χ0n) is 8.81. The molecule has 1 nitrogen and oxygen atoms in total. The van der Waals surface area contributed by atoms with Crippen LogP contribution in [0.4, 0.5) is 17.6 Å². The Labute approximate surface area is 91.5 Å². The summed E-state index contributed by atoms with van der Waals surface area (Å²) in [7, 11) is 0. The number of rotatable bonds is 4. The largest absolute Gasteiger partial charge is 0.390 e. The Morgan fingerprint density at radius 2 is 1.75 bits per heavy atom. The van der Waals surface area contributed by atoms with E-state index in [0.717, 1.165) is 5.56 Å². The number of halogens is 4. The van der Waals surface area contributed by atoms with Crippen molar-refractivity contribution in [1.82, 2.24) is 5.32 Å². The van der Waals surface area contributed by atoms with Gasteiger partial charge in [0.25, 0.3) is 0 Å². The highest BCUT2D eigenvalue weighted by atomic mass is 19.4. The van der Waals surface area contributed by atoms with Crippen LogP contribution in [0, 0.1) is 5.82 Å². The van der Waals surface area contributed by atoms with Crippen molar-refractivity contribution in [3.05, 3.63) is 35.6 Å². The van der Waals surface area contributed by atoms with E-state index in [0.29, 0.717) is 0 Å². The Balaban J connectivity index is 2.41. The Bertz CT molecular complexity index is 318. The molecule has 5 heteroatoms. The lowest BCUT2D eigenvalue weighted by molar-refractivity contribution is -0.133. The van der Waals surface area contributed by atoms with Gasteiger partial charge in [0, 0.05) is 12.6 Å². The fourth-order valence-electron chi connectivity index (χ4n) is 1.30. The van der Waals surface area contributed by atoms with Crippen molar-refractivity contribution >= 4 is 0 Å². The van der Waals surface area contributed by atoms with Crippen molar-refractivity contribution in [3.63, 3.8) is 0 Å². The zero-order valence-corrected chi connectivity index (χ0v) is 8.81. The predicted molar refractivity (Wildman–Crippen MR) is 53.5 cm³/mol. The first kappa shape index (κ1) is 13.0. The SMILES string of the molecule is C[C@H](NCCC(F)(F)F)c1ccc(F)cc1. The average Bonchev–Trinajstić information content (AvgIpc) is 2.16. The summed E-state index contributed by atoms with van der Waals surface area (Å²) in [5.41, 5.74) is 0.767. The quantitative estimate of drug-likeness (QED) is 0.788. The first-order chi connectivity index (χ1) is 7.38. The molecule has 0 bridgehead atoms. The van der Waals surface area contributed by atoms with Crippen molar-refractivity contribution in [2.75, 3.05) is 6.54 Å². The van der Waals surface area contributed by atoms with Gasteiger partial charge in [-0.1, -0.05) is 12.1 Å². The van der Waals surface area contributed by atoms with Crippen LogP contribution in [0.2, 0.25) is 0 Å². The van der Waals surface area contributed by atoms with Gasteiger partial charge in [-0.3, -0.25) is 0 Å². The van der Waals surface area contributed by atoms with Gasteiger partial charge in [-0.2, -0.15) is 13.2 Å². The van der Waals surface area contributed by atoms with Crippen molar-refractivity contribution in [2.24, 2.45) is 0 Å². The van der Waals surface area contributed by atoms with E-state index >= 15 is 0 Å². The highest BCUT2D eigenvalue weighted by Gasteiger charge is 2.26. The molecule has 0 heterocycles. The highest BCUT2D eigenvalue weighted by Crippen LogP contribution is 2.19. The lowest BCUT2D eigenvalue weighted by atomic mass is 10.1. The van der Waals surface area contributed by atoms with Crippen LogP contribution in [-0.4, -0.2) is 12.7 Å². The van der Waals surface area contributed by atoms with Gasteiger partial charge in [0.15, 0.2) is 0 Å². The van der Waals surface area contributed by atoms with Crippen LogP contribution in [0.5, 0.6) is 0 Å². The summed E-state index contributed by atoms with van der Waals surface area (Å²) >= 11 is 0. The first-order valence-corrected chi connectivity index (χ1v) is 4.94. The van der Waals surface area contributed by atoms with Gasteiger partial charge >= 0.3 is 6.18 Å². The van der Waals surface area contributed by atoms with E-state index in [1.54, 1.807) is 19.1 Å². The standard InChI is InChI=1S/C11H13F4N/c1-8(16-7-6-11(13,14)15)9-2-4-10(12)5-3-9/h2-5,8,16H,6-7H2,1H3/t8-/m0/s1. The van der Waals surface area contributed by atoms with Crippen LogP contribution >= 0.6 is 0 Å². The molecule has 1 N–H and O–H groups in total. The fraction of sp³-hybridized carbons (Fsp3) is 0.455. The van der Waals surface area contributed by atoms with Crippen LogP contribution < -0.4 is 5.32 Å². The number of alkyl halides is 3. The number of hydrogen-bond donors (Lipinski definition) is 1. The minimum absolute atomic E-state index is 0.137. The Morgan fingerprint density at radius 1 is 1.19 bits per heavy atom. The molecule has 0 fully saturated rings. The Hall–Kier alpha value is -1.10. The fourth-order valence-corrected chi connectivity index (χ4v) is 1.30.